The lowest BCUT2D eigenvalue weighted by Gasteiger charge is -2.29. The van der Waals surface area contributed by atoms with Gasteiger partial charge in [0, 0.05) is 27.2 Å². The van der Waals surface area contributed by atoms with E-state index in [9.17, 15) is 4.79 Å². The van der Waals surface area contributed by atoms with Crippen LogP contribution in [0.2, 0.25) is 0 Å². The van der Waals surface area contributed by atoms with Crippen LogP contribution in [0.3, 0.4) is 0 Å². The maximum Gasteiger partial charge on any atom is 0.243 e. The van der Waals surface area contributed by atoms with E-state index in [1.54, 1.807) is 26.1 Å². The molecule has 1 amide bonds. The van der Waals surface area contributed by atoms with E-state index in [2.05, 4.69) is 39.6 Å². The van der Waals surface area contributed by atoms with Crippen LogP contribution in [0, 0.1) is 0 Å². The molecule has 0 radical (unpaired) electrons. The number of carbonyl (C=O) groups is 1. The van der Waals surface area contributed by atoms with Crippen molar-refractivity contribution in [2.45, 2.75) is 32.2 Å². The third-order valence-electron chi connectivity index (χ3n) is 4.96. The van der Waals surface area contributed by atoms with Gasteiger partial charge in [-0.15, -0.1) is 0 Å². The molecule has 2 N–H and O–H groups in total. The fraction of sp³-hybridized carbons (Fsp3) is 0.619. The van der Waals surface area contributed by atoms with Crippen LogP contribution in [0.25, 0.3) is 0 Å². The fourth-order valence-electron chi connectivity index (χ4n) is 3.24. The number of benzene rings is 1. The number of likely N-dealkylation sites (N-methyl/N-ethyl adjacent to an activating group) is 1. The quantitative estimate of drug-likeness (QED) is 0.498. The molecule has 0 aliphatic carbocycles. The number of amides is 1. The third-order valence-corrected chi connectivity index (χ3v) is 4.96. The van der Waals surface area contributed by atoms with Gasteiger partial charge in [0.25, 0.3) is 0 Å². The Bertz CT molecular complexity index is 624. The molecule has 0 saturated carbocycles. The van der Waals surface area contributed by atoms with Crippen LogP contribution in [0.1, 0.15) is 37.8 Å². The minimum Gasteiger partial charge on any atom is -0.497 e. The Labute approximate surface area is 169 Å². The van der Waals surface area contributed by atoms with Gasteiger partial charge in [0.1, 0.15) is 12.3 Å². The number of carbonyl (C=O) groups excluding carboxylic acids is 1. The van der Waals surface area contributed by atoms with E-state index >= 15 is 0 Å². The van der Waals surface area contributed by atoms with Crippen molar-refractivity contribution in [1.82, 2.24) is 20.4 Å². The summed E-state index contributed by atoms with van der Waals surface area (Å²) in [6.07, 6.45) is 3.47. The van der Waals surface area contributed by atoms with Crippen LogP contribution in [0.5, 0.6) is 5.75 Å². The van der Waals surface area contributed by atoms with Crippen molar-refractivity contribution in [2.75, 3.05) is 53.9 Å². The van der Waals surface area contributed by atoms with E-state index in [-0.39, 0.29) is 18.5 Å². The summed E-state index contributed by atoms with van der Waals surface area (Å²) in [5, 5.41) is 6.76. The molecule has 7 heteroatoms. The molecule has 28 heavy (non-hydrogen) atoms. The number of nitrogens with one attached hydrogen (secondary N) is 2. The smallest absolute Gasteiger partial charge is 0.243 e. The zero-order chi connectivity index (χ0) is 20.4. The van der Waals surface area contributed by atoms with E-state index in [4.69, 9.17) is 4.74 Å². The topological polar surface area (TPSA) is 69.2 Å². The Morgan fingerprint density at radius 1 is 1.21 bits per heavy atom. The van der Waals surface area contributed by atoms with E-state index in [1.807, 2.05) is 12.1 Å². The Kier molecular flexibility index (Phi) is 9.07. The molecule has 1 aromatic carbocycles. The Morgan fingerprint density at radius 3 is 2.46 bits per heavy atom. The van der Waals surface area contributed by atoms with Gasteiger partial charge < -0.3 is 20.3 Å². The number of nitrogens with zero attached hydrogens (tertiary/aromatic N) is 3. The second kappa shape index (κ2) is 11.5. The molecule has 1 aromatic rings. The first-order chi connectivity index (χ1) is 13.5. The zero-order valence-electron chi connectivity index (χ0n) is 17.7. The number of likely N-dealkylation sites (tertiary alicyclic amines) is 1. The summed E-state index contributed by atoms with van der Waals surface area (Å²) < 4.78 is 5.30. The van der Waals surface area contributed by atoms with Gasteiger partial charge in [0.2, 0.25) is 5.91 Å². The van der Waals surface area contributed by atoms with Gasteiger partial charge in [-0.05, 0) is 50.0 Å². The van der Waals surface area contributed by atoms with Crippen molar-refractivity contribution in [2.24, 2.45) is 4.99 Å². The zero-order valence-corrected chi connectivity index (χ0v) is 17.7. The predicted molar refractivity (Wildman–Crippen MR) is 114 cm³/mol. The van der Waals surface area contributed by atoms with E-state index in [0.717, 1.165) is 38.3 Å². The summed E-state index contributed by atoms with van der Waals surface area (Å²) in [7, 11) is 5.18. The van der Waals surface area contributed by atoms with Crippen molar-refractivity contribution in [3.8, 4) is 5.75 Å². The number of hydrogen-bond donors (Lipinski definition) is 2. The highest BCUT2D eigenvalue weighted by atomic mass is 16.5. The third kappa shape index (κ3) is 6.71. The molecular weight excluding hydrogens is 354 g/mol. The first-order valence-electron chi connectivity index (χ1n) is 10.2. The molecule has 1 aliphatic heterocycles. The van der Waals surface area contributed by atoms with E-state index in [0.29, 0.717) is 5.96 Å². The van der Waals surface area contributed by atoms with Crippen LogP contribution in [-0.4, -0.2) is 75.6 Å². The monoisotopic (exact) mass is 389 g/mol. The van der Waals surface area contributed by atoms with Crippen LogP contribution < -0.4 is 15.4 Å². The van der Waals surface area contributed by atoms with Gasteiger partial charge in [0.05, 0.1) is 13.2 Å². The summed E-state index contributed by atoms with van der Waals surface area (Å²) in [4.78, 5) is 20.4. The van der Waals surface area contributed by atoms with E-state index < -0.39 is 0 Å². The van der Waals surface area contributed by atoms with Gasteiger partial charge in [0.15, 0.2) is 5.96 Å². The minimum absolute atomic E-state index is 0.0103. The highest BCUT2D eigenvalue weighted by molar-refractivity contribution is 5.84. The summed E-state index contributed by atoms with van der Waals surface area (Å²) in [5.41, 5.74) is 1.26. The molecule has 156 valence electrons. The predicted octanol–water partition coefficient (Wildman–Crippen LogP) is 1.87. The SMILES string of the molecule is CCCNC(=NCC(=O)N(C)C)NCC(c1ccc(OC)cc1)N1CCCC1. The lowest BCUT2D eigenvalue weighted by Crippen LogP contribution is -2.43. The van der Waals surface area contributed by atoms with Crippen molar-refractivity contribution in [3.63, 3.8) is 0 Å². The van der Waals surface area contributed by atoms with Crippen molar-refractivity contribution in [3.05, 3.63) is 29.8 Å². The lowest BCUT2D eigenvalue weighted by atomic mass is 10.1. The molecule has 0 aromatic heterocycles. The number of rotatable bonds is 9. The molecule has 1 aliphatic rings. The summed E-state index contributed by atoms with van der Waals surface area (Å²) in [5.74, 6) is 1.55. The van der Waals surface area contributed by atoms with Gasteiger partial charge in [-0.2, -0.15) is 0 Å². The van der Waals surface area contributed by atoms with Gasteiger partial charge >= 0.3 is 0 Å². The number of hydrogen-bond acceptors (Lipinski definition) is 4. The maximum atomic E-state index is 11.9. The minimum atomic E-state index is -0.0103. The van der Waals surface area contributed by atoms with Crippen LogP contribution in [0.15, 0.2) is 29.3 Å². The molecule has 1 unspecified atom stereocenters. The molecule has 0 bridgehead atoms. The first-order valence-corrected chi connectivity index (χ1v) is 10.2. The number of aliphatic imine (C=N–C) groups is 1. The molecule has 1 heterocycles. The number of ether oxygens (including phenoxy) is 1. The molecule has 1 fully saturated rings. The summed E-state index contributed by atoms with van der Waals surface area (Å²) in [6.45, 7) is 6.01. The van der Waals surface area contributed by atoms with Crippen molar-refractivity contribution < 1.29 is 9.53 Å². The molecule has 1 saturated heterocycles. The largest absolute Gasteiger partial charge is 0.497 e. The molecule has 7 nitrogen and oxygen atoms in total. The van der Waals surface area contributed by atoms with Crippen molar-refractivity contribution in [1.29, 1.82) is 0 Å². The van der Waals surface area contributed by atoms with Crippen molar-refractivity contribution >= 4 is 11.9 Å². The van der Waals surface area contributed by atoms with Crippen LogP contribution in [-0.2, 0) is 4.79 Å². The second-order valence-corrected chi connectivity index (χ2v) is 7.29. The Hall–Kier alpha value is -2.28. The summed E-state index contributed by atoms with van der Waals surface area (Å²) >= 11 is 0. The van der Waals surface area contributed by atoms with Crippen LogP contribution >= 0.6 is 0 Å². The summed E-state index contributed by atoms with van der Waals surface area (Å²) in [6, 6.07) is 8.55. The maximum absolute atomic E-state index is 11.9. The number of methoxy groups -OCH3 is 1. The van der Waals surface area contributed by atoms with Gasteiger partial charge in [-0.1, -0.05) is 19.1 Å². The highest BCUT2D eigenvalue weighted by Gasteiger charge is 2.23. The number of guanidine groups is 1. The first kappa shape index (κ1) is 22.0. The average molecular weight is 390 g/mol. The Morgan fingerprint density at radius 2 is 1.89 bits per heavy atom. The molecule has 1 atom stereocenters. The normalized spacial score (nSPS) is 15.9. The Balaban J connectivity index is 2.08. The van der Waals surface area contributed by atoms with Gasteiger partial charge in [-0.3, -0.25) is 9.69 Å². The van der Waals surface area contributed by atoms with Gasteiger partial charge in [-0.25, -0.2) is 4.99 Å². The van der Waals surface area contributed by atoms with E-state index in [1.165, 1.54) is 18.4 Å². The molecule has 0 spiro atoms. The second-order valence-electron chi connectivity index (χ2n) is 7.29. The standard InChI is InChI=1S/C21H35N5O2/c1-5-12-22-21(24-16-20(27)25(2)3)23-15-19(26-13-6-7-14-26)17-8-10-18(28-4)11-9-17/h8-11,19H,5-7,12-16H2,1-4H3,(H2,22,23,24). The molecular formula is C21H35N5O2. The highest BCUT2D eigenvalue weighted by Crippen LogP contribution is 2.26. The molecule has 2 rings (SSSR count). The lowest BCUT2D eigenvalue weighted by molar-refractivity contribution is -0.127. The average Bonchev–Trinajstić information content (AvgIpc) is 3.24. The van der Waals surface area contributed by atoms with Crippen LogP contribution in [0.4, 0.5) is 0 Å². The fourth-order valence-corrected chi connectivity index (χ4v) is 3.24.